The van der Waals surface area contributed by atoms with E-state index in [0.717, 1.165) is 23.1 Å². The Balaban J connectivity index is 2.00. The number of aryl methyl sites for hydroxylation is 1. The quantitative estimate of drug-likeness (QED) is 0.879. The number of nitrogens with zero attached hydrogens (tertiary/aromatic N) is 4. The van der Waals surface area contributed by atoms with Gasteiger partial charge in [-0.2, -0.15) is 0 Å². The Bertz CT molecular complexity index is 508. The van der Waals surface area contributed by atoms with Gasteiger partial charge in [0.2, 0.25) is 0 Å². The molecule has 0 aromatic carbocycles. The fourth-order valence-electron chi connectivity index (χ4n) is 1.65. The summed E-state index contributed by atoms with van der Waals surface area (Å²) in [6.45, 7) is 5.34. The molecule has 0 saturated carbocycles. The van der Waals surface area contributed by atoms with Crippen molar-refractivity contribution < 1.29 is 0 Å². The van der Waals surface area contributed by atoms with E-state index in [2.05, 4.69) is 40.4 Å². The normalized spacial score (nSPS) is 12.6. The standard InChI is InChI=1S/C13H19N5S/c1-4-7-14-10(2)11-5-6-12(15-8-11)19-13-17-16-9-18(13)3/h5-6,8-10,14H,4,7H2,1-3H3. The number of hydrogen-bond donors (Lipinski definition) is 1. The van der Waals surface area contributed by atoms with Gasteiger partial charge in [-0.05, 0) is 43.3 Å². The molecule has 19 heavy (non-hydrogen) atoms. The minimum Gasteiger partial charge on any atom is -0.311 e. The molecule has 0 spiro atoms. The number of aromatic nitrogens is 4. The van der Waals surface area contributed by atoms with E-state index in [1.807, 2.05) is 23.9 Å². The summed E-state index contributed by atoms with van der Waals surface area (Å²) in [6, 6.07) is 4.47. The molecule has 0 fully saturated rings. The van der Waals surface area contributed by atoms with Crippen molar-refractivity contribution in [1.82, 2.24) is 25.1 Å². The topological polar surface area (TPSA) is 55.6 Å². The molecule has 0 aliphatic heterocycles. The summed E-state index contributed by atoms with van der Waals surface area (Å²) in [5.74, 6) is 0. The highest BCUT2D eigenvalue weighted by Gasteiger charge is 2.07. The second-order valence-electron chi connectivity index (χ2n) is 4.43. The molecule has 1 unspecified atom stereocenters. The van der Waals surface area contributed by atoms with Gasteiger partial charge in [0.25, 0.3) is 0 Å². The third-order valence-corrected chi connectivity index (χ3v) is 3.83. The van der Waals surface area contributed by atoms with Gasteiger partial charge in [-0.1, -0.05) is 13.0 Å². The van der Waals surface area contributed by atoms with Crippen molar-refractivity contribution >= 4 is 11.8 Å². The highest BCUT2D eigenvalue weighted by Crippen LogP contribution is 2.24. The van der Waals surface area contributed by atoms with Crippen molar-refractivity contribution in [2.75, 3.05) is 6.54 Å². The molecule has 0 amide bonds. The van der Waals surface area contributed by atoms with Crippen LogP contribution in [0.4, 0.5) is 0 Å². The molecule has 0 saturated heterocycles. The lowest BCUT2D eigenvalue weighted by molar-refractivity contribution is 0.568. The first kappa shape index (κ1) is 14.0. The van der Waals surface area contributed by atoms with Gasteiger partial charge >= 0.3 is 0 Å². The minimum absolute atomic E-state index is 0.335. The monoisotopic (exact) mass is 277 g/mol. The lowest BCUT2D eigenvalue weighted by Gasteiger charge is -2.13. The minimum atomic E-state index is 0.335. The molecule has 2 aromatic heterocycles. The van der Waals surface area contributed by atoms with Gasteiger partial charge < -0.3 is 9.88 Å². The van der Waals surface area contributed by atoms with Crippen molar-refractivity contribution in [1.29, 1.82) is 0 Å². The van der Waals surface area contributed by atoms with E-state index >= 15 is 0 Å². The Morgan fingerprint density at radius 1 is 1.42 bits per heavy atom. The molecule has 0 aliphatic rings. The maximum atomic E-state index is 4.47. The van der Waals surface area contributed by atoms with Crippen LogP contribution in [0.2, 0.25) is 0 Å². The summed E-state index contributed by atoms with van der Waals surface area (Å²) < 4.78 is 1.88. The molecule has 0 aliphatic carbocycles. The van der Waals surface area contributed by atoms with Gasteiger partial charge in [0, 0.05) is 19.3 Å². The van der Waals surface area contributed by atoms with Crippen molar-refractivity contribution in [2.45, 2.75) is 36.5 Å². The van der Waals surface area contributed by atoms with Gasteiger partial charge in [-0.25, -0.2) is 4.98 Å². The van der Waals surface area contributed by atoms with Crippen LogP contribution in [-0.4, -0.2) is 26.3 Å². The summed E-state index contributed by atoms with van der Waals surface area (Å²) in [6.07, 6.45) is 4.75. The number of hydrogen-bond acceptors (Lipinski definition) is 5. The summed E-state index contributed by atoms with van der Waals surface area (Å²) in [7, 11) is 1.92. The zero-order chi connectivity index (χ0) is 13.7. The average molecular weight is 277 g/mol. The molecule has 0 radical (unpaired) electrons. The van der Waals surface area contributed by atoms with Crippen LogP contribution in [0.15, 0.2) is 34.8 Å². The first-order valence-electron chi connectivity index (χ1n) is 6.42. The van der Waals surface area contributed by atoms with E-state index in [1.54, 1.807) is 6.33 Å². The third kappa shape index (κ3) is 3.78. The van der Waals surface area contributed by atoms with Gasteiger partial charge in [-0.3, -0.25) is 0 Å². The van der Waals surface area contributed by atoms with Crippen LogP contribution in [0.3, 0.4) is 0 Å². The average Bonchev–Trinajstić information content (AvgIpc) is 2.82. The van der Waals surface area contributed by atoms with Crippen LogP contribution in [0.1, 0.15) is 31.9 Å². The molecule has 1 atom stereocenters. The highest BCUT2D eigenvalue weighted by atomic mass is 32.2. The largest absolute Gasteiger partial charge is 0.311 e. The molecule has 2 rings (SSSR count). The van der Waals surface area contributed by atoms with E-state index in [-0.39, 0.29) is 0 Å². The molecule has 2 heterocycles. The van der Waals surface area contributed by atoms with Crippen LogP contribution in [0.5, 0.6) is 0 Å². The van der Waals surface area contributed by atoms with Crippen LogP contribution >= 0.6 is 11.8 Å². The van der Waals surface area contributed by atoms with Crippen LogP contribution in [0.25, 0.3) is 0 Å². The Morgan fingerprint density at radius 2 is 2.26 bits per heavy atom. The van der Waals surface area contributed by atoms with Crippen LogP contribution in [-0.2, 0) is 7.05 Å². The summed E-state index contributed by atoms with van der Waals surface area (Å²) >= 11 is 1.52. The molecular formula is C13H19N5S. The molecule has 0 bridgehead atoms. The van der Waals surface area contributed by atoms with Crippen molar-refractivity contribution in [3.8, 4) is 0 Å². The predicted molar refractivity (Wildman–Crippen MR) is 76.1 cm³/mol. The van der Waals surface area contributed by atoms with Crippen LogP contribution in [0, 0.1) is 0 Å². The second-order valence-corrected chi connectivity index (χ2v) is 5.42. The first-order valence-corrected chi connectivity index (χ1v) is 7.23. The number of rotatable bonds is 6. The zero-order valence-corrected chi connectivity index (χ0v) is 12.3. The van der Waals surface area contributed by atoms with Crippen molar-refractivity contribution in [3.05, 3.63) is 30.2 Å². The van der Waals surface area contributed by atoms with Gasteiger partial charge in [-0.15, -0.1) is 10.2 Å². The summed E-state index contributed by atoms with van der Waals surface area (Å²) in [5.41, 5.74) is 1.20. The fraction of sp³-hybridized carbons (Fsp3) is 0.462. The SMILES string of the molecule is CCCNC(C)c1ccc(Sc2nncn2C)nc1. The first-order chi connectivity index (χ1) is 9.20. The molecule has 1 N–H and O–H groups in total. The number of nitrogens with one attached hydrogen (secondary N) is 1. The predicted octanol–water partition coefficient (Wildman–Crippen LogP) is 2.42. The molecule has 102 valence electrons. The lowest BCUT2D eigenvalue weighted by Crippen LogP contribution is -2.19. The van der Waals surface area contributed by atoms with Gasteiger partial charge in [0.1, 0.15) is 11.4 Å². The highest BCUT2D eigenvalue weighted by molar-refractivity contribution is 7.99. The van der Waals surface area contributed by atoms with E-state index in [0.29, 0.717) is 6.04 Å². The maximum Gasteiger partial charge on any atom is 0.197 e. The number of pyridine rings is 1. The molecule has 5 nitrogen and oxygen atoms in total. The van der Waals surface area contributed by atoms with Crippen molar-refractivity contribution in [3.63, 3.8) is 0 Å². The van der Waals surface area contributed by atoms with Crippen LogP contribution < -0.4 is 5.32 Å². The van der Waals surface area contributed by atoms with Gasteiger partial charge in [0.15, 0.2) is 5.16 Å². The fourth-order valence-corrected chi connectivity index (χ4v) is 2.35. The molecule has 6 heteroatoms. The summed E-state index contributed by atoms with van der Waals surface area (Å²) in [4.78, 5) is 4.47. The Morgan fingerprint density at radius 3 is 2.84 bits per heavy atom. The molecule has 2 aromatic rings. The second kappa shape index (κ2) is 6.68. The Labute approximate surface area is 117 Å². The Kier molecular flexibility index (Phi) is 4.93. The van der Waals surface area contributed by atoms with E-state index in [4.69, 9.17) is 0 Å². The third-order valence-electron chi connectivity index (χ3n) is 2.83. The Hall–Kier alpha value is -1.40. The zero-order valence-electron chi connectivity index (χ0n) is 11.5. The molecular weight excluding hydrogens is 258 g/mol. The van der Waals surface area contributed by atoms with Crippen molar-refractivity contribution in [2.24, 2.45) is 7.05 Å². The van der Waals surface area contributed by atoms with E-state index in [1.165, 1.54) is 17.3 Å². The lowest BCUT2D eigenvalue weighted by atomic mass is 10.1. The summed E-state index contributed by atoms with van der Waals surface area (Å²) in [5, 5.41) is 13.1. The van der Waals surface area contributed by atoms with E-state index in [9.17, 15) is 0 Å². The smallest absolute Gasteiger partial charge is 0.197 e. The maximum absolute atomic E-state index is 4.47. The van der Waals surface area contributed by atoms with E-state index < -0.39 is 0 Å². The van der Waals surface area contributed by atoms with Gasteiger partial charge in [0.05, 0.1) is 0 Å².